The SMILES string of the molecule is CC(=O)N1CCN(C(=O)C2CCN(C(=O)C3CCOCC3)CC2)CC1. The molecule has 0 N–H and O–H groups in total. The maximum atomic E-state index is 12.7. The lowest BCUT2D eigenvalue weighted by Gasteiger charge is -2.39. The molecule has 3 fully saturated rings. The van der Waals surface area contributed by atoms with Gasteiger partial charge in [0.05, 0.1) is 0 Å². The van der Waals surface area contributed by atoms with Crippen LogP contribution in [-0.4, -0.2) is 84.9 Å². The van der Waals surface area contributed by atoms with Gasteiger partial charge in [0.25, 0.3) is 0 Å². The van der Waals surface area contributed by atoms with Crippen molar-refractivity contribution < 1.29 is 19.1 Å². The van der Waals surface area contributed by atoms with Crippen LogP contribution in [0.4, 0.5) is 0 Å². The summed E-state index contributed by atoms with van der Waals surface area (Å²) in [5, 5.41) is 0. The van der Waals surface area contributed by atoms with E-state index in [0.717, 1.165) is 25.7 Å². The predicted molar refractivity (Wildman–Crippen MR) is 91.7 cm³/mol. The van der Waals surface area contributed by atoms with Crippen LogP contribution < -0.4 is 0 Å². The number of piperazine rings is 1. The van der Waals surface area contributed by atoms with Gasteiger partial charge in [-0.1, -0.05) is 0 Å². The molecule has 3 amide bonds. The average molecular weight is 351 g/mol. The Bertz CT molecular complexity index is 502. The number of hydrogen-bond donors (Lipinski definition) is 0. The second-order valence-corrected chi connectivity index (χ2v) is 7.32. The Kier molecular flexibility index (Phi) is 5.93. The van der Waals surface area contributed by atoms with Crippen LogP contribution >= 0.6 is 0 Å². The molecule has 3 aliphatic rings. The van der Waals surface area contributed by atoms with E-state index in [1.165, 1.54) is 0 Å². The number of ether oxygens (including phenoxy) is 1. The monoisotopic (exact) mass is 351 g/mol. The molecule has 0 bridgehead atoms. The average Bonchev–Trinajstić information content (AvgIpc) is 2.67. The third-order valence-corrected chi connectivity index (χ3v) is 5.76. The Labute approximate surface area is 149 Å². The van der Waals surface area contributed by atoms with Gasteiger partial charge < -0.3 is 19.4 Å². The molecule has 7 heteroatoms. The maximum absolute atomic E-state index is 12.7. The summed E-state index contributed by atoms with van der Waals surface area (Å²) in [5.74, 6) is 0.626. The Morgan fingerprint density at radius 2 is 1.12 bits per heavy atom. The number of carbonyl (C=O) groups is 3. The normalized spacial score (nSPS) is 23.6. The zero-order chi connectivity index (χ0) is 17.8. The number of carbonyl (C=O) groups excluding carboxylic acids is 3. The molecule has 3 rings (SSSR count). The van der Waals surface area contributed by atoms with Crippen molar-refractivity contribution in [3.8, 4) is 0 Å². The molecule has 0 aromatic carbocycles. The van der Waals surface area contributed by atoms with Gasteiger partial charge in [0, 0.05) is 71.2 Å². The minimum absolute atomic E-state index is 0.0163. The molecular weight excluding hydrogens is 322 g/mol. The number of rotatable bonds is 2. The Balaban J connectivity index is 1.45. The van der Waals surface area contributed by atoms with Crippen molar-refractivity contribution in [1.82, 2.24) is 14.7 Å². The van der Waals surface area contributed by atoms with Gasteiger partial charge in [-0.25, -0.2) is 0 Å². The van der Waals surface area contributed by atoms with Gasteiger partial charge in [0.1, 0.15) is 0 Å². The molecule has 25 heavy (non-hydrogen) atoms. The van der Waals surface area contributed by atoms with Crippen molar-refractivity contribution in [2.24, 2.45) is 11.8 Å². The number of nitrogens with zero attached hydrogens (tertiary/aromatic N) is 3. The van der Waals surface area contributed by atoms with Crippen molar-refractivity contribution in [1.29, 1.82) is 0 Å². The third-order valence-electron chi connectivity index (χ3n) is 5.76. The zero-order valence-electron chi connectivity index (χ0n) is 15.1. The van der Waals surface area contributed by atoms with Gasteiger partial charge in [-0.05, 0) is 25.7 Å². The van der Waals surface area contributed by atoms with Crippen molar-refractivity contribution in [2.75, 3.05) is 52.5 Å². The first-order valence-electron chi connectivity index (χ1n) is 9.47. The summed E-state index contributed by atoms with van der Waals surface area (Å²) in [5.41, 5.74) is 0. The molecule has 0 aromatic heterocycles. The number of hydrogen-bond acceptors (Lipinski definition) is 4. The first-order valence-corrected chi connectivity index (χ1v) is 9.47. The minimum Gasteiger partial charge on any atom is -0.381 e. The molecule has 0 spiro atoms. The van der Waals surface area contributed by atoms with Crippen LogP contribution in [0.2, 0.25) is 0 Å². The highest BCUT2D eigenvalue weighted by atomic mass is 16.5. The van der Waals surface area contributed by atoms with Crippen molar-refractivity contribution in [3.05, 3.63) is 0 Å². The van der Waals surface area contributed by atoms with E-state index >= 15 is 0 Å². The van der Waals surface area contributed by atoms with Crippen molar-refractivity contribution in [3.63, 3.8) is 0 Å². The highest BCUT2D eigenvalue weighted by molar-refractivity contribution is 5.81. The van der Waals surface area contributed by atoms with E-state index in [4.69, 9.17) is 4.74 Å². The van der Waals surface area contributed by atoms with Gasteiger partial charge in [-0.3, -0.25) is 14.4 Å². The first kappa shape index (κ1) is 18.2. The highest BCUT2D eigenvalue weighted by Crippen LogP contribution is 2.24. The minimum atomic E-state index is 0.0163. The van der Waals surface area contributed by atoms with Crippen LogP contribution in [0.15, 0.2) is 0 Å². The molecule has 3 aliphatic heterocycles. The van der Waals surface area contributed by atoms with E-state index in [0.29, 0.717) is 52.5 Å². The smallest absolute Gasteiger partial charge is 0.225 e. The second kappa shape index (κ2) is 8.17. The Hall–Kier alpha value is -1.63. The fourth-order valence-corrected chi connectivity index (χ4v) is 4.05. The standard InChI is InChI=1S/C18H29N3O4/c1-14(22)19-8-10-21(11-9-19)17(23)15-2-6-20(7-3-15)18(24)16-4-12-25-13-5-16/h15-16H,2-13H2,1H3. The van der Waals surface area contributed by atoms with Gasteiger partial charge >= 0.3 is 0 Å². The second-order valence-electron chi connectivity index (χ2n) is 7.32. The summed E-state index contributed by atoms with van der Waals surface area (Å²) in [6.45, 7) is 6.79. The number of amides is 3. The van der Waals surface area contributed by atoms with Crippen LogP contribution in [0, 0.1) is 11.8 Å². The molecule has 0 aliphatic carbocycles. The molecule has 0 atom stereocenters. The Morgan fingerprint density at radius 1 is 0.680 bits per heavy atom. The molecule has 7 nitrogen and oxygen atoms in total. The molecule has 0 unspecified atom stereocenters. The topological polar surface area (TPSA) is 70.2 Å². The van der Waals surface area contributed by atoms with Crippen LogP contribution in [0.3, 0.4) is 0 Å². The number of piperidine rings is 1. The fourth-order valence-electron chi connectivity index (χ4n) is 4.05. The number of likely N-dealkylation sites (tertiary alicyclic amines) is 1. The van der Waals surface area contributed by atoms with Crippen LogP contribution in [0.5, 0.6) is 0 Å². The summed E-state index contributed by atoms with van der Waals surface area (Å²) < 4.78 is 5.33. The van der Waals surface area contributed by atoms with Gasteiger partial charge in [-0.2, -0.15) is 0 Å². The maximum Gasteiger partial charge on any atom is 0.225 e. The van der Waals surface area contributed by atoms with Gasteiger partial charge in [0.15, 0.2) is 0 Å². The van der Waals surface area contributed by atoms with E-state index in [2.05, 4.69) is 0 Å². The summed E-state index contributed by atoms with van der Waals surface area (Å²) in [6, 6.07) is 0. The fraction of sp³-hybridized carbons (Fsp3) is 0.833. The summed E-state index contributed by atoms with van der Waals surface area (Å²) >= 11 is 0. The van der Waals surface area contributed by atoms with Crippen LogP contribution in [0.25, 0.3) is 0 Å². The van der Waals surface area contributed by atoms with Crippen molar-refractivity contribution >= 4 is 17.7 Å². The lowest BCUT2D eigenvalue weighted by atomic mass is 9.92. The lowest BCUT2D eigenvalue weighted by molar-refractivity contribution is -0.146. The zero-order valence-corrected chi connectivity index (χ0v) is 15.1. The van der Waals surface area contributed by atoms with E-state index in [1.54, 1.807) is 11.8 Å². The Morgan fingerprint density at radius 3 is 1.64 bits per heavy atom. The predicted octanol–water partition coefficient (Wildman–Crippen LogP) is 0.342. The van der Waals surface area contributed by atoms with E-state index < -0.39 is 0 Å². The van der Waals surface area contributed by atoms with Crippen LogP contribution in [-0.2, 0) is 19.1 Å². The van der Waals surface area contributed by atoms with Crippen molar-refractivity contribution in [2.45, 2.75) is 32.6 Å². The largest absolute Gasteiger partial charge is 0.381 e. The molecular formula is C18H29N3O4. The summed E-state index contributed by atoms with van der Waals surface area (Å²) in [7, 11) is 0. The molecule has 3 saturated heterocycles. The summed E-state index contributed by atoms with van der Waals surface area (Å²) in [6.07, 6.45) is 3.14. The van der Waals surface area contributed by atoms with Gasteiger partial charge in [0.2, 0.25) is 17.7 Å². The van der Waals surface area contributed by atoms with E-state index in [1.807, 2.05) is 9.80 Å². The lowest BCUT2D eigenvalue weighted by Crippen LogP contribution is -2.53. The highest BCUT2D eigenvalue weighted by Gasteiger charge is 2.34. The first-order chi connectivity index (χ1) is 12.1. The molecule has 0 radical (unpaired) electrons. The molecule has 3 heterocycles. The summed E-state index contributed by atoms with van der Waals surface area (Å²) in [4.78, 5) is 42.3. The van der Waals surface area contributed by atoms with Gasteiger partial charge in [-0.15, -0.1) is 0 Å². The molecule has 0 saturated carbocycles. The third kappa shape index (κ3) is 4.32. The van der Waals surface area contributed by atoms with E-state index in [-0.39, 0.29) is 29.6 Å². The van der Waals surface area contributed by atoms with E-state index in [9.17, 15) is 14.4 Å². The molecule has 140 valence electrons. The quantitative estimate of drug-likeness (QED) is 0.719. The van der Waals surface area contributed by atoms with Crippen LogP contribution in [0.1, 0.15) is 32.6 Å². The molecule has 0 aromatic rings.